The zero-order valence-corrected chi connectivity index (χ0v) is 18.3. The molecule has 31 heavy (non-hydrogen) atoms. The van der Waals surface area contributed by atoms with Crippen LogP contribution in [0.2, 0.25) is 0 Å². The van der Waals surface area contributed by atoms with E-state index in [0.717, 1.165) is 44.4 Å². The molecule has 8 nitrogen and oxygen atoms in total. The van der Waals surface area contributed by atoms with Crippen molar-refractivity contribution < 1.29 is 14.3 Å². The lowest BCUT2D eigenvalue weighted by Gasteiger charge is -2.46. The van der Waals surface area contributed by atoms with Crippen molar-refractivity contribution >= 4 is 11.8 Å². The van der Waals surface area contributed by atoms with Gasteiger partial charge >= 0.3 is 0 Å². The molecule has 1 unspecified atom stereocenters. The molecule has 2 aliphatic rings. The summed E-state index contributed by atoms with van der Waals surface area (Å²) >= 11 is 0. The van der Waals surface area contributed by atoms with Crippen LogP contribution in [0.25, 0.3) is 0 Å². The zero-order chi connectivity index (χ0) is 21.8. The number of pyridine rings is 1. The van der Waals surface area contributed by atoms with E-state index >= 15 is 0 Å². The summed E-state index contributed by atoms with van der Waals surface area (Å²) in [6.45, 7) is 4.74. The molecule has 2 fully saturated rings. The average molecular weight is 426 g/mol. The SMILES string of the molecule is Cc1cc(C(=O)N2CCC3(CC2)CC(CCNC(=O)c2ccncc2)CCO3)nn1C. The topological polar surface area (TPSA) is 89.3 Å². The molecule has 2 amide bonds. The van der Waals surface area contributed by atoms with Crippen molar-refractivity contribution in [2.75, 3.05) is 26.2 Å². The van der Waals surface area contributed by atoms with Crippen molar-refractivity contribution in [1.29, 1.82) is 0 Å². The lowest BCUT2D eigenvalue weighted by Crippen LogP contribution is -2.51. The number of hydrogen-bond donors (Lipinski definition) is 1. The minimum Gasteiger partial charge on any atom is -0.375 e. The van der Waals surface area contributed by atoms with Gasteiger partial charge in [-0.1, -0.05) is 0 Å². The van der Waals surface area contributed by atoms with Crippen LogP contribution >= 0.6 is 0 Å². The van der Waals surface area contributed by atoms with Crippen LogP contribution in [-0.4, -0.2) is 63.3 Å². The summed E-state index contributed by atoms with van der Waals surface area (Å²) in [6, 6.07) is 5.29. The molecule has 2 aliphatic heterocycles. The number of amides is 2. The third-order valence-corrected chi connectivity index (χ3v) is 6.67. The molecular formula is C23H31N5O3. The van der Waals surface area contributed by atoms with Gasteiger partial charge in [0.05, 0.1) is 5.60 Å². The molecule has 0 aromatic carbocycles. The predicted molar refractivity (Wildman–Crippen MR) is 116 cm³/mol. The van der Waals surface area contributed by atoms with E-state index in [1.807, 2.05) is 24.9 Å². The fourth-order valence-electron chi connectivity index (χ4n) is 4.66. The zero-order valence-electron chi connectivity index (χ0n) is 18.3. The molecule has 1 atom stereocenters. The number of likely N-dealkylation sites (tertiary alicyclic amines) is 1. The predicted octanol–water partition coefficient (Wildman–Crippen LogP) is 2.35. The van der Waals surface area contributed by atoms with E-state index in [0.29, 0.717) is 36.8 Å². The maximum atomic E-state index is 12.8. The molecule has 4 heterocycles. The maximum Gasteiger partial charge on any atom is 0.274 e. The van der Waals surface area contributed by atoms with Gasteiger partial charge in [-0.15, -0.1) is 0 Å². The van der Waals surface area contributed by atoms with E-state index in [1.54, 1.807) is 29.2 Å². The highest BCUT2D eigenvalue weighted by atomic mass is 16.5. The lowest BCUT2D eigenvalue weighted by atomic mass is 9.78. The lowest BCUT2D eigenvalue weighted by molar-refractivity contribution is -0.124. The van der Waals surface area contributed by atoms with E-state index < -0.39 is 0 Å². The van der Waals surface area contributed by atoms with Crippen LogP contribution in [0.15, 0.2) is 30.6 Å². The smallest absolute Gasteiger partial charge is 0.274 e. The van der Waals surface area contributed by atoms with Crippen LogP contribution in [0.3, 0.4) is 0 Å². The van der Waals surface area contributed by atoms with Crippen LogP contribution in [-0.2, 0) is 11.8 Å². The molecule has 0 bridgehead atoms. The summed E-state index contributed by atoms with van der Waals surface area (Å²) in [5, 5.41) is 7.34. The van der Waals surface area contributed by atoms with E-state index in [1.165, 1.54) is 0 Å². The Kier molecular flexibility index (Phi) is 6.36. The van der Waals surface area contributed by atoms with Gasteiger partial charge in [-0.25, -0.2) is 0 Å². The summed E-state index contributed by atoms with van der Waals surface area (Å²) in [6.07, 6.45) is 7.91. The second kappa shape index (κ2) is 9.18. The molecule has 2 aromatic heterocycles. The Hall–Kier alpha value is -2.74. The molecule has 166 valence electrons. The Bertz CT molecular complexity index is 899. The Morgan fingerprint density at radius 2 is 2.00 bits per heavy atom. The first-order valence-electron chi connectivity index (χ1n) is 11.1. The first-order valence-corrected chi connectivity index (χ1v) is 11.1. The molecular weight excluding hydrogens is 394 g/mol. The van der Waals surface area contributed by atoms with Crippen molar-refractivity contribution in [1.82, 2.24) is 25.0 Å². The van der Waals surface area contributed by atoms with Crippen LogP contribution in [0.5, 0.6) is 0 Å². The van der Waals surface area contributed by atoms with Gasteiger partial charge in [0, 0.05) is 56.9 Å². The van der Waals surface area contributed by atoms with Crippen LogP contribution in [0, 0.1) is 12.8 Å². The standard InChI is InChI=1S/C23H31N5O3/c1-17-15-20(26-27(17)2)22(30)28-12-7-23(8-13-28)16-18(6-14-31-23)3-11-25-21(29)19-4-9-24-10-5-19/h4-5,9-10,15,18H,3,6-8,11-14,16H2,1-2H3,(H,25,29). The Balaban J connectivity index is 1.26. The largest absolute Gasteiger partial charge is 0.375 e. The first-order chi connectivity index (χ1) is 15.0. The number of nitrogens with one attached hydrogen (secondary N) is 1. The summed E-state index contributed by atoms with van der Waals surface area (Å²) in [5.41, 5.74) is 1.99. The van der Waals surface area contributed by atoms with E-state index in [2.05, 4.69) is 15.4 Å². The van der Waals surface area contributed by atoms with Gasteiger partial charge in [0.2, 0.25) is 0 Å². The van der Waals surface area contributed by atoms with Crippen molar-refractivity contribution in [2.24, 2.45) is 13.0 Å². The molecule has 0 saturated carbocycles. The number of hydrogen-bond acceptors (Lipinski definition) is 5. The van der Waals surface area contributed by atoms with Crippen molar-refractivity contribution in [2.45, 2.75) is 44.6 Å². The van der Waals surface area contributed by atoms with Gasteiger partial charge in [-0.05, 0) is 63.1 Å². The number of aromatic nitrogens is 3. The molecule has 1 spiro atoms. The first kappa shape index (κ1) is 21.5. The normalized spacial score (nSPS) is 20.6. The van der Waals surface area contributed by atoms with E-state index in [4.69, 9.17) is 4.74 Å². The molecule has 1 N–H and O–H groups in total. The van der Waals surface area contributed by atoms with Crippen molar-refractivity contribution in [3.63, 3.8) is 0 Å². The number of ether oxygens (including phenoxy) is 1. The Morgan fingerprint density at radius 3 is 2.68 bits per heavy atom. The van der Waals surface area contributed by atoms with Crippen LogP contribution < -0.4 is 5.32 Å². The fourth-order valence-corrected chi connectivity index (χ4v) is 4.66. The van der Waals surface area contributed by atoms with Crippen molar-refractivity contribution in [3.8, 4) is 0 Å². The molecule has 2 aromatic rings. The summed E-state index contributed by atoms with van der Waals surface area (Å²) in [7, 11) is 1.85. The van der Waals surface area contributed by atoms with Gasteiger partial charge in [0.15, 0.2) is 5.69 Å². The molecule has 0 radical (unpaired) electrons. The highest BCUT2D eigenvalue weighted by Gasteiger charge is 2.41. The third-order valence-electron chi connectivity index (χ3n) is 6.67. The summed E-state index contributed by atoms with van der Waals surface area (Å²) in [4.78, 5) is 30.8. The number of piperidine rings is 1. The minimum atomic E-state index is -0.144. The van der Waals surface area contributed by atoms with Crippen molar-refractivity contribution in [3.05, 3.63) is 47.5 Å². The molecule has 8 heteroatoms. The van der Waals surface area contributed by atoms with Gasteiger partial charge in [0.1, 0.15) is 0 Å². The third kappa shape index (κ3) is 4.95. The van der Waals surface area contributed by atoms with Crippen LogP contribution in [0.1, 0.15) is 58.6 Å². The van der Waals surface area contributed by atoms with Gasteiger partial charge < -0.3 is 15.0 Å². The number of nitrogens with zero attached hydrogens (tertiary/aromatic N) is 4. The highest BCUT2D eigenvalue weighted by Crippen LogP contribution is 2.38. The quantitative estimate of drug-likeness (QED) is 0.794. The van der Waals surface area contributed by atoms with Gasteiger partial charge in [0.25, 0.3) is 11.8 Å². The Morgan fingerprint density at radius 1 is 1.26 bits per heavy atom. The highest BCUT2D eigenvalue weighted by molar-refractivity contribution is 5.94. The summed E-state index contributed by atoms with van der Waals surface area (Å²) < 4.78 is 7.98. The van der Waals surface area contributed by atoms with Crippen LogP contribution in [0.4, 0.5) is 0 Å². The number of aryl methyl sites for hydroxylation is 2. The monoisotopic (exact) mass is 425 g/mol. The molecule has 4 rings (SSSR count). The summed E-state index contributed by atoms with van der Waals surface area (Å²) in [5.74, 6) is 0.470. The number of carbonyl (C=O) groups is 2. The van der Waals surface area contributed by atoms with E-state index in [-0.39, 0.29) is 17.4 Å². The molecule has 0 aliphatic carbocycles. The van der Waals surface area contributed by atoms with Gasteiger partial charge in [-0.2, -0.15) is 5.10 Å². The second-order valence-electron chi connectivity index (χ2n) is 8.76. The molecule has 2 saturated heterocycles. The number of rotatable bonds is 5. The minimum absolute atomic E-state index is 0.00438. The van der Waals surface area contributed by atoms with E-state index in [9.17, 15) is 9.59 Å². The average Bonchev–Trinajstić information content (AvgIpc) is 3.13. The van der Waals surface area contributed by atoms with Gasteiger partial charge in [-0.3, -0.25) is 19.3 Å². The number of carbonyl (C=O) groups excluding carboxylic acids is 2. The maximum absolute atomic E-state index is 12.8. The second-order valence-corrected chi connectivity index (χ2v) is 8.76. The fraction of sp³-hybridized carbons (Fsp3) is 0.565. The Labute approximate surface area is 183 Å².